The molecule has 0 radical (unpaired) electrons. The first-order valence-corrected chi connectivity index (χ1v) is 12.4. The Morgan fingerprint density at radius 1 is 0.853 bits per heavy atom. The van der Waals surface area contributed by atoms with Crippen molar-refractivity contribution in [1.82, 2.24) is 4.90 Å². The van der Waals surface area contributed by atoms with E-state index in [1.54, 1.807) is 6.08 Å². The topological polar surface area (TPSA) is 46.6 Å². The highest BCUT2D eigenvalue weighted by molar-refractivity contribution is 9.10. The lowest BCUT2D eigenvalue weighted by Gasteiger charge is -2.14. The molecule has 4 aromatic rings. The summed E-state index contributed by atoms with van der Waals surface area (Å²) in [6, 6.07) is 29.4. The molecule has 1 fully saturated rings. The zero-order valence-electron chi connectivity index (χ0n) is 18.1. The van der Waals surface area contributed by atoms with Crippen molar-refractivity contribution in [1.29, 1.82) is 0 Å². The second-order valence-electron chi connectivity index (χ2n) is 7.86. The van der Waals surface area contributed by atoms with Crippen LogP contribution < -0.4 is 4.74 Å². The quantitative estimate of drug-likeness (QED) is 0.244. The Bertz CT molecular complexity index is 1410. The normalized spacial score (nSPS) is 14.9. The molecule has 0 bridgehead atoms. The fraction of sp³-hybridized carbons (Fsp3) is 0.0714. The molecular weight excluding hydrogens is 510 g/mol. The summed E-state index contributed by atoms with van der Waals surface area (Å²) in [5, 5.41) is 1.86. The maximum Gasteiger partial charge on any atom is 0.293 e. The third kappa shape index (κ3) is 4.79. The molecular formula is C28H20BrNO3S. The van der Waals surface area contributed by atoms with E-state index in [0.717, 1.165) is 43.7 Å². The number of thioether (sulfide) groups is 1. The molecule has 6 heteroatoms. The molecule has 0 aromatic heterocycles. The van der Waals surface area contributed by atoms with Gasteiger partial charge in [0.05, 0.1) is 11.4 Å². The van der Waals surface area contributed by atoms with Gasteiger partial charge in [0.15, 0.2) is 0 Å². The monoisotopic (exact) mass is 529 g/mol. The minimum atomic E-state index is -0.286. The molecule has 0 aliphatic carbocycles. The predicted molar refractivity (Wildman–Crippen MR) is 140 cm³/mol. The molecule has 4 nitrogen and oxygen atoms in total. The number of benzene rings is 4. The van der Waals surface area contributed by atoms with E-state index in [1.165, 1.54) is 4.90 Å². The average molecular weight is 530 g/mol. The van der Waals surface area contributed by atoms with E-state index in [2.05, 4.69) is 15.9 Å². The molecule has 5 rings (SSSR count). The van der Waals surface area contributed by atoms with Crippen molar-refractivity contribution < 1.29 is 14.3 Å². The van der Waals surface area contributed by atoms with Crippen LogP contribution in [0.2, 0.25) is 0 Å². The molecule has 168 valence electrons. The number of hydrogen-bond donors (Lipinski definition) is 0. The van der Waals surface area contributed by atoms with Gasteiger partial charge in [0.2, 0.25) is 0 Å². The molecule has 0 unspecified atom stereocenters. The zero-order chi connectivity index (χ0) is 23.5. The third-order valence-electron chi connectivity index (χ3n) is 5.60. The molecule has 1 aliphatic rings. The second kappa shape index (κ2) is 9.87. The van der Waals surface area contributed by atoms with Gasteiger partial charge in [-0.05, 0) is 57.9 Å². The van der Waals surface area contributed by atoms with Crippen molar-refractivity contribution >= 4 is 55.7 Å². The van der Waals surface area contributed by atoms with Crippen LogP contribution in [0.5, 0.6) is 5.75 Å². The molecule has 0 spiro atoms. The second-order valence-corrected chi connectivity index (χ2v) is 9.77. The van der Waals surface area contributed by atoms with Crippen LogP contribution in [0.25, 0.3) is 16.8 Å². The van der Waals surface area contributed by atoms with E-state index in [9.17, 15) is 9.59 Å². The van der Waals surface area contributed by atoms with E-state index in [4.69, 9.17) is 4.74 Å². The van der Waals surface area contributed by atoms with Gasteiger partial charge < -0.3 is 4.74 Å². The SMILES string of the molecule is O=C1S/C(=C\c2ccccc2OCc2ccc(Br)cc2)C(=O)N1Cc1cccc2ccccc12. The Morgan fingerprint density at radius 3 is 2.44 bits per heavy atom. The van der Waals surface area contributed by atoms with Gasteiger partial charge in [-0.1, -0.05) is 88.7 Å². The smallest absolute Gasteiger partial charge is 0.293 e. The summed E-state index contributed by atoms with van der Waals surface area (Å²) in [5.74, 6) is 0.372. The van der Waals surface area contributed by atoms with Gasteiger partial charge in [-0.3, -0.25) is 14.5 Å². The van der Waals surface area contributed by atoms with Gasteiger partial charge in [-0.25, -0.2) is 0 Å². The average Bonchev–Trinajstić information content (AvgIpc) is 3.12. The minimum absolute atomic E-state index is 0.241. The van der Waals surface area contributed by atoms with Crippen LogP contribution in [-0.2, 0) is 17.9 Å². The van der Waals surface area contributed by atoms with Crippen LogP contribution in [0.1, 0.15) is 16.7 Å². The fourth-order valence-electron chi connectivity index (χ4n) is 3.85. The summed E-state index contributed by atoms with van der Waals surface area (Å²) in [7, 11) is 0. The van der Waals surface area contributed by atoms with Crippen molar-refractivity contribution in [3.63, 3.8) is 0 Å². The van der Waals surface area contributed by atoms with Gasteiger partial charge in [-0.15, -0.1) is 0 Å². The molecule has 0 saturated carbocycles. The first-order valence-electron chi connectivity index (χ1n) is 10.8. The van der Waals surface area contributed by atoms with Crippen LogP contribution in [0.15, 0.2) is 100 Å². The van der Waals surface area contributed by atoms with Gasteiger partial charge >= 0.3 is 0 Å². The number of carbonyl (C=O) groups excluding carboxylic acids is 2. The molecule has 1 aliphatic heterocycles. The number of para-hydroxylation sites is 1. The van der Waals surface area contributed by atoms with Crippen LogP contribution in [0.4, 0.5) is 4.79 Å². The molecule has 34 heavy (non-hydrogen) atoms. The van der Waals surface area contributed by atoms with Gasteiger partial charge in [0, 0.05) is 10.0 Å². The number of amides is 2. The minimum Gasteiger partial charge on any atom is -0.488 e. The van der Waals surface area contributed by atoms with Crippen LogP contribution >= 0.6 is 27.7 Å². The third-order valence-corrected chi connectivity index (χ3v) is 7.03. The maximum atomic E-state index is 13.2. The summed E-state index contributed by atoms with van der Waals surface area (Å²) in [4.78, 5) is 27.6. The molecule has 4 aromatic carbocycles. The summed E-state index contributed by atoms with van der Waals surface area (Å²) in [5.41, 5.74) is 2.74. The Balaban J connectivity index is 1.36. The van der Waals surface area contributed by atoms with Crippen LogP contribution in [0, 0.1) is 0 Å². The number of carbonyl (C=O) groups is 2. The fourth-order valence-corrected chi connectivity index (χ4v) is 4.94. The van der Waals surface area contributed by atoms with E-state index in [1.807, 2.05) is 91.0 Å². The first-order chi connectivity index (χ1) is 16.6. The predicted octanol–water partition coefficient (Wildman–Crippen LogP) is 7.42. The van der Waals surface area contributed by atoms with Crippen molar-refractivity contribution in [2.75, 3.05) is 0 Å². The highest BCUT2D eigenvalue weighted by Gasteiger charge is 2.35. The molecule has 0 atom stereocenters. The number of hydrogen-bond acceptors (Lipinski definition) is 4. The van der Waals surface area contributed by atoms with Crippen LogP contribution in [0.3, 0.4) is 0 Å². The van der Waals surface area contributed by atoms with E-state index in [-0.39, 0.29) is 17.7 Å². The summed E-state index contributed by atoms with van der Waals surface area (Å²) in [6.07, 6.45) is 1.74. The van der Waals surface area contributed by atoms with E-state index < -0.39 is 0 Å². The number of imide groups is 1. The zero-order valence-corrected chi connectivity index (χ0v) is 20.5. The highest BCUT2D eigenvalue weighted by Crippen LogP contribution is 2.35. The van der Waals surface area contributed by atoms with Gasteiger partial charge in [0.25, 0.3) is 11.1 Å². The lowest BCUT2D eigenvalue weighted by molar-refractivity contribution is -0.123. The molecule has 2 amide bonds. The molecule has 0 N–H and O–H groups in total. The van der Waals surface area contributed by atoms with E-state index in [0.29, 0.717) is 17.3 Å². The number of fused-ring (bicyclic) bond motifs is 1. The number of ether oxygens (including phenoxy) is 1. The number of nitrogens with zero attached hydrogens (tertiary/aromatic N) is 1. The first kappa shape index (κ1) is 22.4. The highest BCUT2D eigenvalue weighted by atomic mass is 79.9. The van der Waals surface area contributed by atoms with Crippen molar-refractivity contribution in [2.24, 2.45) is 0 Å². The maximum absolute atomic E-state index is 13.2. The van der Waals surface area contributed by atoms with E-state index >= 15 is 0 Å². The Hall–Kier alpha value is -3.35. The molecule has 1 heterocycles. The molecule has 1 saturated heterocycles. The summed E-state index contributed by atoms with van der Waals surface area (Å²) < 4.78 is 7.04. The van der Waals surface area contributed by atoms with Gasteiger partial charge in [-0.2, -0.15) is 0 Å². The van der Waals surface area contributed by atoms with Gasteiger partial charge in [0.1, 0.15) is 12.4 Å². The Kier molecular flexibility index (Phi) is 6.52. The Morgan fingerprint density at radius 2 is 1.59 bits per heavy atom. The summed E-state index contributed by atoms with van der Waals surface area (Å²) >= 11 is 4.40. The summed E-state index contributed by atoms with van der Waals surface area (Å²) in [6.45, 7) is 0.645. The van der Waals surface area contributed by atoms with Crippen molar-refractivity contribution in [3.8, 4) is 5.75 Å². The van der Waals surface area contributed by atoms with Crippen LogP contribution in [-0.4, -0.2) is 16.0 Å². The number of rotatable bonds is 6. The largest absolute Gasteiger partial charge is 0.488 e. The number of halogens is 1. The van der Waals surface area contributed by atoms with Crippen molar-refractivity contribution in [2.45, 2.75) is 13.2 Å². The Labute approximate surface area is 210 Å². The van der Waals surface area contributed by atoms with Crippen molar-refractivity contribution in [3.05, 3.63) is 117 Å². The standard InChI is InChI=1S/C28H20BrNO3S/c29-23-14-12-19(13-15-23)18-33-25-11-4-2-7-21(25)16-26-27(31)30(28(32)34-26)17-22-9-5-8-20-6-1-3-10-24(20)22/h1-16H,17-18H2/b26-16-. The lowest BCUT2D eigenvalue weighted by atomic mass is 10.0. The lowest BCUT2D eigenvalue weighted by Crippen LogP contribution is -2.27.